The Bertz CT molecular complexity index is 1730. The quantitative estimate of drug-likeness (QED) is 0.129. The van der Waals surface area contributed by atoms with Gasteiger partial charge in [-0.05, 0) is 24.6 Å². The molecule has 4 aromatic rings. The molecular weight excluding hydrogens is 631 g/mol. The van der Waals surface area contributed by atoms with E-state index < -0.39 is 42.4 Å². The molecule has 2 aromatic heterocycles. The number of aromatic amines is 1. The van der Waals surface area contributed by atoms with Crippen LogP contribution in [-0.4, -0.2) is 72.4 Å². The zero-order valence-electron chi connectivity index (χ0n) is 24.7. The van der Waals surface area contributed by atoms with E-state index in [2.05, 4.69) is 30.9 Å². The second-order valence-electron chi connectivity index (χ2n) is 9.84. The first-order valence-electron chi connectivity index (χ1n) is 13.8. The molecule has 250 valence electrons. The van der Waals surface area contributed by atoms with Crippen molar-refractivity contribution in [3.8, 4) is 0 Å². The predicted molar refractivity (Wildman–Crippen MR) is 161 cm³/mol. The molecular formula is C29H30F3N7O8. The van der Waals surface area contributed by atoms with Crippen molar-refractivity contribution in [2.75, 3.05) is 17.2 Å². The Morgan fingerprint density at radius 2 is 1.68 bits per heavy atom. The van der Waals surface area contributed by atoms with Crippen LogP contribution in [0.5, 0.6) is 0 Å². The minimum atomic E-state index is -5.08. The molecule has 4 rings (SSSR count). The van der Waals surface area contributed by atoms with Gasteiger partial charge in [-0.2, -0.15) is 18.2 Å². The van der Waals surface area contributed by atoms with Crippen LogP contribution in [-0.2, 0) is 32.3 Å². The van der Waals surface area contributed by atoms with E-state index in [1.807, 2.05) is 30.3 Å². The van der Waals surface area contributed by atoms with Gasteiger partial charge >= 0.3 is 29.9 Å². The van der Waals surface area contributed by atoms with Crippen LogP contribution in [0.2, 0.25) is 0 Å². The highest BCUT2D eigenvalue weighted by molar-refractivity contribution is 5.91. The topological polar surface area (TPSA) is 218 Å². The fraction of sp³-hybridized carbons (Fsp3) is 0.276. The molecule has 2 heterocycles. The number of carbonyl (C=O) groups is 4. The number of carboxylic acid groups (broad SMARTS) is 2. The van der Waals surface area contributed by atoms with E-state index in [1.54, 1.807) is 31.2 Å². The lowest BCUT2D eigenvalue weighted by molar-refractivity contribution is -0.192. The molecule has 0 saturated carbocycles. The molecule has 1 unspecified atom stereocenters. The second-order valence-corrected chi connectivity index (χ2v) is 9.84. The molecule has 0 radical (unpaired) electrons. The van der Waals surface area contributed by atoms with Gasteiger partial charge in [0.1, 0.15) is 12.4 Å². The zero-order chi connectivity index (χ0) is 34.6. The summed E-state index contributed by atoms with van der Waals surface area (Å²) in [5.41, 5.74) is 2.27. The number of aliphatic carboxylic acids is 2. The number of imidazole rings is 1. The number of anilines is 2. The number of fused-ring (bicyclic) bond motifs is 1. The fourth-order valence-electron chi connectivity index (χ4n) is 3.95. The maximum Gasteiger partial charge on any atom is 0.490 e. The SMILES string of the molecule is Cc1cn(CC(CC(=O)O)NC(=O)OCc2ccccc2)c(=O)nc1NCCC(=O)Nc1nc2ccccc2[nH]1.O=C(O)C(F)(F)F. The van der Waals surface area contributed by atoms with Crippen molar-refractivity contribution in [1.29, 1.82) is 0 Å². The number of halogens is 3. The number of para-hydroxylation sites is 2. The monoisotopic (exact) mass is 661 g/mol. The summed E-state index contributed by atoms with van der Waals surface area (Å²) in [4.78, 5) is 68.8. The van der Waals surface area contributed by atoms with Crippen molar-refractivity contribution in [2.45, 2.75) is 45.1 Å². The van der Waals surface area contributed by atoms with Crippen LogP contribution >= 0.6 is 0 Å². The Hall–Kier alpha value is -5.94. The number of carbonyl (C=O) groups excluding carboxylic acids is 2. The van der Waals surface area contributed by atoms with E-state index >= 15 is 0 Å². The molecule has 47 heavy (non-hydrogen) atoms. The third-order valence-corrected chi connectivity index (χ3v) is 6.08. The largest absolute Gasteiger partial charge is 0.490 e. The van der Waals surface area contributed by atoms with Crippen LogP contribution in [0.1, 0.15) is 24.0 Å². The van der Waals surface area contributed by atoms with E-state index in [-0.39, 0.29) is 32.0 Å². The number of ether oxygens (including phenoxy) is 1. The molecule has 0 fully saturated rings. The van der Waals surface area contributed by atoms with Gasteiger partial charge in [-0.1, -0.05) is 42.5 Å². The number of aromatic nitrogens is 4. The Labute approximate surface area is 263 Å². The van der Waals surface area contributed by atoms with Crippen LogP contribution < -0.4 is 21.6 Å². The lowest BCUT2D eigenvalue weighted by Crippen LogP contribution is -2.42. The van der Waals surface area contributed by atoms with Crippen molar-refractivity contribution >= 4 is 46.7 Å². The Kier molecular flexibility index (Phi) is 12.4. The minimum Gasteiger partial charge on any atom is -0.481 e. The summed E-state index contributed by atoms with van der Waals surface area (Å²) in [6, 6.07) is 15.5. The van der Waals surface area contributed by atoms with Crippen molar-refractivity contribution in [1.82, 2.24) is 24.8 Å². The van der Waals surface area contributed by atoms with Crippen molar-refractivity contribution < 1.29 is 47.3 Å². The zero-order valence-corrected chi connectivity index (χ0v) is 24.7. The molecule has 6 N–H and O–H groups in total. The number of nitrogens with one attached hydrogen (secondary N) is 4. The highest BCUT2D eigenvalue weighted by atomic mass is 19.4. The maximum absolute atomic E-state index is 12.7. The molecule has 0 bridgehead atoms. The summed E-state index contributed by atoms with van der Waals surface area (Å²) in [6.07, 6.45) is -4.70. The van der Waals surface area contributed by atoms with E-state index in [0.29, 0.717) is 17.3 Å². The van der Waals surface area contributed by atoms with Gasteiger partial charge in [0.15, 0.2) is 0 Å². The summed E-state index contributed by atoms with van der Waals surface area (Å²) in [6.45, 7) is 1.82. The molecule has 1 atom stereocenters. The molecule has 15 nitrogen and oxygen atoms in total. The number of alkyl halides is 3. The normalized spacial score (nSPS) is 11.5. The smallest absolute Gasteiger partial charge is 0.481 e. The molecule has 0 aliphatic rings. The highest BCUT2D eigenvalue weighted by Crippen LogP contribution is 2.14. The van der Waals surface area contributed by atoms with Crippen LogP contribution in [0.4, 0.5) is 29.7 Å². The van der Waals surface area contributed by atoms with Crippen molar-refractivity contribution in [2.24, 2.45) is 0 Å². The second kappa shape index (κ2) is 16.4. The van der Waals surface area contributed by atoms with Gasteiger partial charge < -0.3 is 30.6 Å². The number of hydrogen-bond donors (Lipinski definition) is 6. The van der Waals surface area contributed by atoms with E-state index in [0.717, 1.165) is 16.6 Å². The molecule has 0 saturated heterocycles. The van der Waals surface area contributed by atoms with Crippen LogP contribution in [0.15, 0.2) is 65.6 Å². The van der Waals surface area contributed by atoms with Gasteiger partial charge in [-0.3, -0.25) is 19.5 Å². The van der Waals surface area contributed by atoms with E-state index in [1.165, 1.54) is 10.8 Å². The van der Waals surface area contributed by atoms with E-state index in [9.17, 15) is 37.5 Å². The van der Waals surface area contributed by atoms with Crippen LogP contribution in [0.25, 0.3) is 11.0 Å². The van der Waals surface area contributed by atoms with Crippen molar-refractivity contribution in [3.63, 3.8) is 0 Å². The maximum atomic E-state index is 12.7. The van der Waals surface area contributed by atoms with Crippen molar-refractivity contribution in [3.05, 3.63) is 82.4 Å². The number of rotatable bonds is 12. The molecule has 2 amide bonds. The van der Waals surface area contributed by atoms with Gasteiger partial charge in [-0.15, -0.1) is 0 Å². The third-order valence-electron chi connectivity index (χ3n) is 6.08. The van der Waals surface area contributed by atoms with Gasteiger partial charge in [0, 0.05) is 31.3 Å². The molecule has 18 heteroatoms. The number of carboxylic acids is 2. The molecule has 2 aromatic carbocycles. The summed E-state index contributed by atoms with van der Waals surface area (Å²) in [7, 11) is 0. The van der Waals surface area contributed by atoms with E-state index in [4.69, 9.17) is 14.6 Å². The third kappa shape index (κ3) is 11.8. The standard InChI is InChI=1S/C27H29N7O6.C2HF3O2/c1-17-14-34(15-19(13-23(36)37)29-27(39)40-16-18-7-3-2-4-8-18)26(38)33-24(17)28-12-11-22(35)32-25-30-20-9-5-6-10-21(20)31-25;3-2(4,5)1(6)7/h2-10,14,19H,11-13,15-16H2,1H3,(H,29,39)(H,36,37)(H,28,33,38)(H2,30,31,32,35);(H,6,7). The number of benzene rings is 2. The Morgan fingerprint density at radius 1 is 1.02 bits per heavy atom. The summed E-state index contributed by atoms with van der Waals surface area (Å²) < 4.78 is 38.1. The number of hydrogen-bond acceptors (Lipinski definition) is 9. The number of alkyl carbamates (subject to hydrolysis) is 1. The Balaban J connectivity index is 0.000000771. The molecule has 0 spiro atoms. The van der Waals surface area contributed by atoms with Crippen LogP contribution in [0.3, 0.4) is 0 Å². The lowest BCUT2D eigenvalue weighted by Gasteiger charge is -2.19. The van der Waals surface area contributed by atoms with Gasteiger partial charge in [0.05, 0.1) is 23.5 Å². The first-order valence-corrected chi connectivity index (χ1v) is 13.8. The summed E-state index contributed by atoms with van der Waals surface area (Å²) >= 11 is 0. The summed E-state index contributed by atoms with van der Waals surface area (Å²) in [5, 5.41) is 24.6. The molecule has 0 aliphatic heterocycles. The fourth-order valence-corrected chi connectivity index (χ4v) is 3.95. The number of aryl methyl sites for hydroxylation is 1. The molecule has 0 aliphatic carbocycles. The predicted octanol–water partition coefficient (Wildman–Crippen LogP) is 3.27. The number of amides is 2. The van der Waals surface area contributed by atoms with Gasteiger partial charge in [0.2, 0.25) is 11.9 Å². The minimum absolute atomic E-state index is 0.0176. The first-order chi connectivity index (χ1) is 22.2. The lowest BCUT2D eigenvalue weighted by atomic mass is 10.2. The summed E-state index contributed by atoms with van der Waals surface area (Å²) in [5.74, 6) is -3.54. The van der Waals surface area contributed by atoms with Gasteiger partial charge in [0.25, 0.3) is 0 Å². The van der Waals surface area contributed by atoms with Crippen LogP contribution in [0, 0.1) is 6.92 Å². The average Bonchev–Trinajstić information content (AvgIpc) is 3.40. The number of nitrogens with zero attached hydrogens (tertiary/aromatic N) is 3. The first kappa shape index (κ1) is 35.5. The average molecular weight is 662 g/mol. The highest BCUT2D eigenvalue weighted by Gasteiger charge is 2.38. The number of H-pyrrole nitrogens is 1. The Morgan fingerprint density at radius 3 is 2.32 bits per heavy atom. The van der Waals surface area contributed by atoms with Gasteiger partial charge in [-0.25, -0.2) is 19.4 Å².